The van der Waals surface area contributed by atoms with E-state index in [1.165, 1.54) is 5.56 Å². The maximum Gasteiger partial charge on any atom is 0.272 e. The number of nitrogens with zero attached hydrogens (tertiary/aromatic N) is 3. The van der Waals surface area contributed by atoms with Crippen molar-refractivity contribution in [3.63, 3.8) is 0 Å². The first-order valence-electron chi connectivity index (χ1n) is 7.44. The number of benzene rings is 1. The van der Waals surface area contributed by atoms with Crippen LogP contribution in [0.1, 0.15) is 27.3 Å². The zero-order chi connectivity index (χ0) is 16.2. The second kappa shape index (κ2) is 6.44. The minimum Gasteiger partial charge on any atom is -0.347 e. The van der Waals surface area contributed by atoms with E-state index in [9.17, 15) is 4.79 Å². The molecule has 23 heavy (non-hydrogen) atoms. The summed E-state index contributed by atoms with van der Waals surface area (Å²) in [5.41, 5.74) is 4.41. The Morgan fingerprint density at radius 3 is 2.65 bits per heavy atom. The lowest BCUT2D eigenvalue weighted by atomic mass is 10.2. The van der Waals surface area contributed by atoms with Gasteiger partial charge in [-0.15, -0.1) is 0 Å². The molecule has 116 valence electrons. The predicted octanol–water partition coefficient (Wildman–Crippen LogP) is 2.81. The average molecular weight is 306 g/mol. The van der Waals surface area contributed by atoms with Crippen molar-refractivity contribution in [1.82, 2.24) is 20.1 Å². The first kappa shape index (κ1) is 15.0. The number of amides is 1. The summed E-state index contributed by atoms with van der Waals surface area (Å²) in [6, 6.07) is 13.6. The fraction of sp³-hybridized carbons (Fsp3) is 0.167. The molecule has 5 heteroatoms. The normalized spacial score (nSPS) is 10.5. The minimum atomic E-state index is -0.192. The van der Waals surface area contributed by atoms with Gasteiger partial charge < -0.3 is 5.32 Å². The maximum atomic E-state index is 12.3. The number of aryl methyl sites for hydroxylation is 2. The van der Waals surface area contributed by atoms with Crippen molar-refractivity contribution in [3.05, 3.63) is 77.4 Å². The van der Waals surface area contributed by atoms with Gasteiger partial charge in [-0.05, 0) is 43.7 Å². The lowest BCUT2D eigenvalue weighted by molar-refractivity contribution is 0.0945. The summed E-state index contributed by atoms with van der Waals surface area (Å²) in [4.78, 5) is 16.3. The molecular formula is C18H18N4O. The van der Waals surface area contributed by atoms with Crippen LogP contribution in [-0.2, 0) is 6.54 Å². The standard InChI is InChI=1S/C18H18N4O/c1-13-5-7-16(8-6-13)22-14(2)10-17(21-22)18(23)20-12-15-4-3-9-19-11-15/h3-11H,12H2,1-2H3,(H,20,23). The Hall–Kier alpha value is -2.95. The third-order valence-electron chi connectivity index (χ3n) is 3.57. The zero-order valence-corrected chi connectivity index (χ0v) is 13.2. The smallest absolute Gasteiger partial charge is 0.272 e. The molecule has 0 atom stereocenters. The van der Waals surface area contributed by atoms with Crippen molar-refractivity contribution in [2.24, 2.45) is 0 Å². The number of rotatable bonds is 4. The quantitative estimate of drug-likeness (QED) is 0.806. The zero-order valence-electron chi connectivity index (χ0n) is 13.2. The lowest BCUT2D eigenvalue weighted by Gasteiger charge is -2.04. The van der Waals surface area contributed by atoms with Crippen LogP contribution >= 0.6 is 0 Å². The van der Waals surface area contributed by atoms with Crippen LogP contribution in [0.15, 0.2) is 54.9 Å². The van der Waals surface area contributed by atoms with Crippen LogP contribution in [0.2, 0.25) is 0 Å². The van der Waals surface area contributed by atoms with Crippen molar-refractivity contribution in [2.75, 3.05) is 0 Å². The van der Waals surface area contributed by atoms with Crippen LogP contribution in [0.5, 0.6) is 0 Å². The highest BCUT2D eigenvalue weighted by Crippen LogP contribution is 2.13. The van der Waals surface area contributed by atoms with E-state index in [1.54, 1.807) is 23.1 Å². The number of nitrogens with one attached hydrogen (secondary N) is 1. The number of hydrogen-bond donors (Lipinski definition) is 1. The van der Waals surface area contributed by atoms with Gasteiger partial charge in [-0.25, -0.2) is 4.68 Å². The van der Waals surface area contributed by atoms with Crippen molar-refractivity contribution in [2.45, 2.75) is 20.4 Å². The number of pyridine rings is 1. The van der Waals surface area contributed by atoms with Gasteiger partial charge in [-0.2, -0.15) is 5.10 Å². The highest BCUT2D eigenvalue weighted by molar-refractivity contribution is 5.92. The summed E-state index contributed by atoms with van der Waals surface area (Å²) >= 11 is 0. The van der Waals surface area contributed by atoms with E-state index < -0.39 is 0 Å². The van der Waals surface area contributed by atoms with Crippen molar-refractivity contribution >= 4 is 5.91 Å². The molecule has 2 heterocycles. The highest BCUT2D eigenvalue weighted by Gasteiger charge is 2.13. The number of aromatic nitrogens is 3. The number of carbonyl (C=O) groups is 1. The Kier molecular flexibility index (Phi) is 4.19. The third-order valence-corrected chi connectivity index (χ3v) is 3.57. The highest BCUT2D eigenvalue weighted by atomic mass is 16.1. The Morgan fingerprint density at radius 1 is 1.17 bits per heavy atom. The summed E-state index contributed by atoms with van der Waals surface area (Å²) in [5, 5.41) is 7.27. The largest absolute Gasteiger partial charge is 0.347 e. The summed E-state index contributed by atoms with van der Waals surface area (Å²) in [5.74, 6) is -0.192. The van der Waals surface area contributed by atoms with E-state index in [0.717, 1.165) is 16.9 Å². The molecule has 1 aromatic carbocycles. The van der Waals surface area contributed by atoms with E-state index in [-0.39, 0.29) is 5.91 Å². The van der Waals surface area contributed by atoms with Crippen molar-refractivity contribution in [3.8, 4) is 5.69 Å². The summed E-state index contributed by atoms with van der Waals surface area (Å²) in [6.45, 7) is 4.41. The van der Waals surface area contributed by atoms with Gasteiger partial charge >= 0.3 is 0 Å². The van der Waals surface area contributed by atoms with Crippen LogP contribution in [0, 0.1) is 13.8 Å². The molecular weight excluding hydrogens is 288 g/mol. The molecule has 0 bridgehead atoms. The van der Waals surface area contributed by atoms with Gasteiger partial charge in [0, 0.05) is 24.6 Å². The molecule has 0 aliphatic rings. The molecule has 0 saturated carbocycles. The number of carbonyl (C=O) groups excluding carboxylic acids is 1. The molecule has 0 unspecified atom stereocenters. The molecule has 3 aromatic rings. The van der Waals surface area contributed by atoms with Gasteiger partial charge in [0.25, 0.3) is 5.91 Å². The van der Waals surface area contributed by atoms with Gasteiger partial charge in [-0.1, -0.05) is 23.8 Å². The summed E-state index contributed by atoms with van der Waals surface area (Å²) in [6.07, 6.45) is 3.44. The molecule has 0 fully saturated rings. The first-order valence-corrected chi connectivity index (χ1v) is 7.44. The fourth-order valence-corrected chi connectivity index (χ4v) is 2.31. The van der Waals surface area contributed by atoms with E-state index in [1.807, 2.05) is 50.2 Å². The van der Waals surface area contributed by atoms with E-state index in [0.29, 0.717) is 12.2 Å². The minimum absolute atomic E-state index is 0.192. The molecule has 0 radical (unpaired) electrons. The summed E-state index contributed by atoms with van der Waals surface area (Å²) in [7, 11) is 0. The topological polar surface area (TPSA) is 59.8 Å². The van der Waals surface area contributed by atoms with E-state index in [2.05, 4.69) is 15.4 Å². The van der Waals surface area contributed by atoms with Crippen LogP contribution in [-0.4, -0.2) is 20.7 Å². The molecule has 1 N–H and O–H groups in total. The molecule has 0 saturated heterocycles. The maximum absolute atomic E-state index is 12.3. The molecule has 1 amide bonds. The average Bonchev–Trinajstić information content (AvgIpc) is 2.96. The van der Waals surface area contributed by atoms with Crippen molar-refractivity contribution < 1.29 is 4.79 Å². The number of hydrogen-bond acceptors (Lipinski definition) is 3. The lowest BCUT2D eigenvalue weighted by Crippen LogP contribution is -2.23. The monoisotopic (exact) mass is 306 g/mol. The van der Waals surface area contributed by atoms with Gasteiger partial charge in [0.2, 0.25) is 0 Å². The van der Waals surface area contributed by atoms with Crippen LogP contribution < -0.4 is 5.32 Å². The van der Waals surface area contributed by atoms with Gasteiger partial charge in [0.05, 0.1) is 5.69 Å². The Morgan fingerprint density at radius 2 is 1.96 bits per heavy atom. The van der Waals surface area contributed by atoms with E-state index >= 15 is 0 Å². The molecule has 0 aliphatic carbocycles. The summed E-state index contributed by atoms with van der Waals surface area (Å²) < 4.78 is 1.78. The van der Waals surface area contributed by atoms with Gasteiger partial charge in [0.15, 0.2) is 5.69 Å². The van der Waals surface area contributed by atoms with Crippen LogP contribution in [0.3, 0.4) is 0 Å². The third kappa shape index (κ3) is 3.45. The second-order valence-electron chi connectivity index (χ2n) is 5.46. The molecule has 2 aromatic heterocycles. The fourth-order valence-electron chi connectivity index (χ4n) is 2.31. The Balaban J connectivity index is 1.75. The van der Waals surface area contributed by atoms with Gasteiger partial charge in [-0.3, -0.25) is 9.78 Å². The predicted molar refractivity (Wildman–Crippen MR) is 88.4 cm³/mol. The molecule has 0 spiro atoms. The van der Waals surface area contributed by atoms with Crippen LogP contribution in [0.4, 0.5) is 0 Å². The van der Waals surface area contributed by atoms with E-state index in [4.69, 9.17) is 0 Å². The first-order chi connectivity index (χ1) is 11.1. The molecule has 0 aliphatic heterocycles. The Bertz CT molecular complexity index is 807. The second-order valence-corrected chi connectivity index (χ2v) is 5.46. The van der Waals surface area contributed by atoms with Gasteiger partial charge in [0.1, 0.15) is 0 Å². The molecule has 5 nitrogen and oxygen atoms in total. The molecule has 3 rings (SSSR count). The Labute approximate surface area is 135 Å². The van der Waals surface area contributed by atoms with Crippen LogP contribution in [0.25, 0.3) is 5.69 Å². The van der Waals surface area contributed by atoms with Crippen molar-refractivity contribution in [1.29, 1.82) is 0 Å². The SMILES string of the molecule is Cc1ccc(-n2nc(C(=O)NCc3cccnc3)cc2C)cc1.